The van der Waals surface area contributed by atoms with Gasteiger partial charge in [-0.25, -0.2) is 13.8 Å². The number of hydrogen-bond donors (Lipinski definition) is 5. The van der Waals surface area contributed by atoms with Crippen LogP contribution in [0.5, 0.6) is 0 Å². The van der Waals surface area contributed by atoms with Crippen molar-refractivity contribution in [3.8, 4) is 0 Å². The topological polar surface area (TPSA) is 159 Å². The summed E-state index contributed by atoms with van der Waals surface area (Å²) < 4.78 is 23.2. The molecule has 114 valence electrons. The lowest BCUT2D eigenvalue weighted by molar-refractivity contribution is 0.109. The molecule has 2 rings (SSSR count). The van der Waals surface area contributed by atoms with E-state index in [4.69, 9.17) is 30.1 Å². The first-order chi connectivity index (χ1) is 9.11. The third kappa shape index (κ3) is 4.99. The maximum Gasteiger partial charge on any atom is 0.466 e. The Bertz CT molecular complexity index is 559. The Morgan fingerprint density at radius 2 is 1.95 bits per heavy atom. The summed E-state index contributed by atoms with van der Waals surface area (Å²) in [6.07, 6.45) is 2.45. The maximum atomic E-state index is 13.1. The Morgan fingerprint density at radius 3 is 2.40 bits per heavy atom. The fourth-order valence-electron chi connectivity index (χ4n) is 1.80. The van der Waals surface area contributed by atoms with Crippen LogP contribution in [0.1, 0.15) is 18.9 Å². The van der Waals surface area contributed by atoms with Crippen molar-refractivity contribution >= 4 is 13.6 Å². The minimum atomic E-state index is -4.64. The second-order valence-corrected chi connectivity index (χ2v) is 5.38. The summed E-state index contributed by atoms with van der Waals surface area (Å²) in [5.41, 5.74) is 4.63. The van der Waals surface area contributed by atoms with Gasteiger partial charge in [-0.1, -0.05) is 0 Å². The van der Waals surface area contributed by atoms with Crippen molar-refractivity contribution in [2.45, 2.75) is 18.9 Å². The minimum Gasteiger partial charge on any atom is -0.396 e. The van der Waals surface area contributed by atoms with Crippen LogP contribution in [0.4, 0.5) is 10.2 Å². The number of hydrogen-bond acceptors (Lipinski definition) is 5. The van der Waals surface area contributed by atoms with Crippen molar-refractivity contribution in [1.29, 1.82) is 0 Å². The first-order valence-corrected chi connectivity index (χ1v) is 7.11. The monoisotopic (exact) mass is 311 g/mol. The highest BCUT2D eigenvalue weighted by atomic mass is 31.2. The van der Waals surface area contributed by atoms with Crippen LogP contribution < -0.4 is 11.4 Å². The average Bonchev–Trinajstić information content (AvgIpc) is 2.21. The van der Waals surface area contributed by atoms with Gasteiger partial charge in [0.1, 0.15) is 0 Å². The van der Waals surface area contributed by atoms with Crippen LogP contribution in [0, 0.1) is 11.7 Å². The Balaban J connectivity index is 0.000000347. The zero-order valence-electron chi connectivity index (χ0n) is 10.3. The van der Waals surface area contributed by atoms with Gasteiger partial charge in [0.05, 0.1) is 0 Å². The molecule has 0 saturated heterocycles. The lowest BCUT2D eigenvalue weighted by atomic mass is 9.81. The SMILES string of the molecule is Nc1nc(=O)n(C2CC(CO)C2)cc1F.O=P(O)(O)O. The van der Waals surface area contributed by atoms with Crippen molar-refractivity contribution in [3.05, 3.63) is 22.5 Å². The van der Waals surface area contributed by atoms with Crippen molar-refractivity contribution in [2.24, 2.45) is 5.92 Å². The number of nitrogens with two attached hydrogens (primary N) is 1. The van der Waals surface area contributed by atoms with E-state index in [0.29, 0.717) is 12.8 Å². The van der Waals surface area contributed by atoms with Crippen LogP contribution in [0.2, 0.25) is 0 Å². The van der Waals surface area contributed by atoms with Gasteiger partial charge in [-0.2, -0.15) is 4.98 Å². The predicted molar refractivity (Wildman–Crippen MR) is 66.0 cm³/mol. The second kappa shape index (κ2) is 6.42. The molecule has 9 nitrogen and oxygen atoms in total. The zero-order chi connectivity index (χ0) is 15.5. The first-order valence-electron chi connectivity index (χ1n) is 5.55. The highest BCUT2D eigenvalue weighted by Crippen LogP contribution is 2.36. The van der Waals surface area contributed by atoms with E-state index in [0.717, 1.165) is 6.20 Å². The highest BCUT2D eigenvalue weighted by molar-refractivity contribution is 7.45. The van der Waals surface area contributed by atoms with Crippen molar-refractivity contribution in [2.75, 3.05) is 12.3 Å². The quantitative estimate of drug-likeness (QED) is 0.434. The Morgan fingerprint density at radius 1 is 1.45 bits per heavy atom. The van der Waals surface area contributed by atoms with Crippen LogP contribution in [-0.4, -0.2) is 35.9 Å². The smallest absolute Gasteiger partial charge is 0.396 e. The van der Waals surface area contributed by atoms with Crippen LogP contribution in [-0.2, 0) is 4.57 Å². The summed E-state index contributed by atoms with van der Waals surface area (Å²) in [5, 5.41) is 8.82. The van der Waals surface area contributed by atoms with Gasteiger partial charge in [0.2, 0.25) is 0 Å². The highest BCUT2D eigenvalue weighted by Gasteiger charge is 2.30. The molecule has 0 amide bonds. The summed E-state index contributed by atoms with van der Waals surface area (Å²) in [4.78, 5) is 36.3. The number of aliphatic hydroxyl groups excluding tert-OH is 1. The van der Waals surface area contributed by atoms with Crippen molar-refractivity contribution in [3.63, 3.8) is 0 Å². The second-order valence-electron chi connectivity index (χ2n) is 4.35. The molecule has 1 aliphatic rings. The standard InChI is InChI=1S/C9H12FN3O2.H3O4P/c10-7-3-13(9(15)12-8(7)11)6-1-5(2-6)4-14;1-5(2,3)4/h3,5-6,14H,1-2,4H2,(H2,11,12,15);(H3,1,2,3,4). The average molecular weight is 311 g/mol. The predicted octanol–water partition coefficient (Wildman–Crippen LogP) is -1.02. The molecule has 1 aromatic heterocycles. The van der Waals surface area contributed by atoms with E-state index in [1.807, 2.05) is 0 Å². The van der Waals surface area contributed by atoms with E-state index in [2.05, 4.69) is 4.98 Å². The molecular weight excluding hydrogens is 296 g/mol. The zero-order valence-corrected chi connectivity index (χ0v) is 11.2. The number of nitrogen functional groups attached to an aromatic ring is 1. The van der Waals surface area contributed by atoms with Gasteiger partial charge in [0.15, 0.2) is 11.6 Å². The van der Waals surface area contributed by atoms with Gasteiger partial charge in [0.25, 0.3) is 0 Å². The van der Waals surface area contributed by atoms with Crippen LogP contribution in [0.15, 0.2) is 11.0 Å². The molecule has 0 radical (unpaired) electrons. The third-order valence-corrected chi connectivity index (χ3v) is 2.80. The number of aliphatic hydroxyl groups is 1. The third-order valence-electron chi connectivity index (χ3n) is 2.80. The lowest BCUT2D eigenvalue weighted by Crippen LogP contribution is -2.36. The van der Waals surface area contributed by atoms with E-state index in [-0.39, 0.29) is 24.4 Å². The first kappa shape index (κ1) is 16.7. The normalized spacial score (nSPS) is 21.6. The molecule has 1 heterocycles. The summed E-state index contributed by atoms with van der Waals surface area (Å²) in [7, 11) is -4.64. The molecule has 6 N–H and O–H groups in total. The molecule has 0 bridgehead atoms. The van der Waals surface area contributed by atoms with E-state index in [1.165, 1.54) is 4.57 Å². The molecular formula is C9H15FN3O6P. The number of anilines is 1. The van der Waals surface area contributed by atoms with Gasteiger partial charge in [-0.05, 0) is 18.8 Å². The number of rotatable bonds is 2. The molecule has 1 aliphatic carbocycles. The molecule has 0 aromatic carbocycles. The number of nitrogens with zero attached hydrogens (tertiary/aromatic N) is 2. The fraction of sp³-hybridized carbons (Fsp3) is 0.556. The molecule has 1 aromatic rings. The summed E-state index contributed by atoms with van der Waals surface area (Å²) in [6, 6.07) is -0.0581. The Kier molecular flexibility index (Phi) is 5.37. The van der Waals surface area contributed by atoms with Gasteiger partial charge in [-0.15, -0.1) is 0 Å². The molecule has 11 heteroatoms. The van der Waals surface area contributed by atoms with Crippen LogP contribution in [0.3, 0.4) is 0 Å². The Labute approximate surface area is 112 Å². The van der Waals surface area contributed by atoms with Gasteiger partial charge >= 0.3 is 13.5 Å². The molecule has 1 saturated carbocycles. The van der Waals surface area contributed by atoms with Gasteiger partial charge in [0, 0.05) is 18.8 Å². The van der Waals surface area contributed by atoms with Crippen LogP contribution in [0.25, 0.3) is 0 Å². The molecule has 1 fully saturated rings. The van der Waals surface area contributed by atoms with Crippen molar-refractivity contribution < 1.29 is 28.7 Å². The number of phosphoric acid groups is 1. The van der Waals surface area contributed by atoms with E-state index >= 15 is 0 Å². The molecule has 0 atom stereocenters. The van der Waals surface area contributed by atoms with E-state index in [9.17, 15) is 9.18 Å². The molecule has 0 aliphatic heterocycles. The largest absolute Gasteiger partial charge is 0.466 e. The van der Waals surface area contributed by atoms with Gasteiger partial charge in [-0.3, -0.25) is 4.57 Å². The summed E-state index contributed by atoms with van der Waals surface area (Å²) in [5.74, 6) is -0.834. The van der Waals surface area contributed by atoms with Crippen molar-refractivity contribution in [1.82, 2.24) is 9.55 Å². The fourth-order valence-corrected chi connectivity index (χ4v) is 1.80. The molecule has 0 unspecified atom stereocenters. The lowest BCUT2D eigenvalue weighted by Gasteiger charge is -2.34. The number of aromatic nitrogens is 2. The van der Waals surface area contributed by atoms with Gasteiger partial charge < -0.3 is 25.5 Å². The molecule has 20 heavy (non-hydrogen) atoms. The summed E-state index contributed by atoms with van der Waals surface area (Å²) >= 11 is 0. The number of halogens is 1. The van der Waals surface area contributed by atoms with E-state index < -0.39 is 19.3 Å². The minimum absolute atomic E-state index is 0.0581. The molecule has 0 spiro atoms. The maximum absolute atomic E-state index is 13.1. The van der Waals surface area contributed by atoms with E-state index in [1.54, 1.807) is 0 Å². The Hall–Kier alpha value is -1.32. The summed E-state index contributed by atoms with van der Waals surface area (Å²) in [6.45, 7) is 0.107. The van der Waals surface area contributed by atoms with Crippen LogP contribution >= 0.6 is 7.82 Å².